The molecule has 5 heteroatoms. The van der Waals surface area contributed by atoms with Gasteiger partial charge in [-0.25, -0.2) is 0 Å². The summed E-state index contributed by atoms with van der Waals surface area (Å²) in [5.74, 6) is 1.32. The standard InChI is InChI=1S/C19H31N3O2/c1-4-24-18-7-5-16(6-8-18)15-22-12-9-17(10-13-22)19(23)20-11-14-21(2)3/h5-8,17H,4,9-15H2,1-3H3,(H,20,23). The van der Waals surface area contributed by atoms with Crippen LogP contribution in [0, 0.1) is 5.92 Å². The first-order valence-corrected chi connectivity index (χ1v) is 8.95. The maximum atomic E-state index is 12.2. The maximum Gasteiger partial charge on any atom is 0.223 e. The zero-order chi connectivity index (χ0) is 17.4. The smallest absolute Gasteiger partial charge is 0.223 e. The molecular formula is C19H31N3O2. The number of hydrogen-bond acceptors (Lipinski definition) is 4. The Kier molecular flexibility index (Phi) is 7.53. The van der Waals surface area contributed by atoms with Gasteiger partial charge in [0.15, 0.2) is 0 Å². The molecule has 1 heterocycles. The molecule has 0 radical (unpaired) electrons. The van der Waals surface area contributed by atoms with E-state index in [4.69, 9.17) is 4.74 Å². The molecule has 1 aromatic rings. The minimum absolute atomic E-state index is 0.170. The van der Waals surface area contributed by atoms with Crippen molar-refractivity contribution >= 4 is 5.91 Å². The van der Waals surface area contributed by atoms with Gasteiger partial charge in [0, 0.05) is 25.6 Å². The lowest BCUT2D eigenvalue weighted by atomic mass is 9.95. The molecule has 2 rings (SSSR count). The van der Waals surface area contributed by atoms with Crippen LogP contribution >= 0.6 is 0 Å². The lowest BCUT2D eigenvalue weighted by molar-refractivity contribution is -0.126. The van der Waals surface area contributed by atoms with Crippen LogP contribution in [-0.4, -0.2) is 62.6 Å². The average Bonchev–Trinajstić information content (AvgIpc) is 2.57. The Labute approximate surface area is 146 Å². The highest BCUT2D eigenvalue weighted by molar-refractivity contribution is 5.78. The summed E-state index contributed by atoms with van der Waals surface area (Å²) in [6.07, 6.45) is 1.90. The van der Waals surface area contributed by atoms with Crippen LogP contribution in [0.4, 0.5) is 0 Å². The first-order chi connectivity index (χ1) is 11.6. The second kappa shape index (κ2) is 9.64. The Hall–Kier alpha value is -1.59. The van der Waals surface area contributed by atoms with E-state index in [1.165, 1.54) is 5.56 Å². The molecule has 1 N–H and O–H groups in total. The minimum atomic E-state index is 0.170. The molecule has 0 spiro atoms. The molecule has 1 aliphatic heterocycles. The van der Waals surface area contributed by atoms with Crippen molar-refractivity contribution in [1.82, 2.24) is 15.1 Å². The Balaban J connectivity index is 1.71. The quantitative estimate of drug-likeness (QED) is 0.790. The van der Waals surface area contributed by atoms with Crippen LogP contribution in [0.5, 0.6) is 5.75 Å². The second-order valence-electron chi connectivity index (χ2n) is 6.72. The lowest BCUT2D eigenvalue weighted by Crippen LogP contribution is -2.41. The molecule has 0 aromatic heterocycles. The molecular weight excluding hydrogens is 302 g/mol. The summed E-state index contributed by atoms with van der Waals surface area (Å²) in [6.45, 7) is 7.23. The molecule has 1 saturated heterocycles. The van der Waals surface area contributed by atoms with E-state index in [0.717, 1.165) is 51.3 Å². The molecule has 5 nitrogen and oxygen atoms in total. The third kappa shape index (κ3) is 6.13. The molecule has 1 aliphatic rings. The van der Waals surface area contributed by atoms with E-state index in [9.17, 15) is 4.79 Å². The van der Waals surface area contributed by atoms with Crippen LogP contribution in [0.25, 0.3) is 0 Å². The Morgan fingerprint density at radius 1 is 1.25 bits per heavy atom. The molecule has 0 unspecified atom stereocenters. The van der Waals surface area contributed by atoms with Crippen molar-refractivity contribution in [2.75, 3.05) is 46.9 Å². The van der Waals surface area contributed by atoms with Crippen LogP contribution in [0.2, 0.25) is 0 Å². The number of nitrogens with one attached hydrogen (secondary N) is 1. The van der Waals surface area contributed by atoms with E-state index in [-0.39, 0.29) is 11.8 Å². The van der Waals surface area contributed by atoms with Gasteiger partial charge in [0.25, 0.3) is 0 Å². The van der Waals surface area contributed by atoms with Crippen molar-refractivity contribution in [2.45, 2.75) is 26.3 Å². The summed E-state index contributed by atoms with van der Waals surface area (Å²) in [5, 5.41) is 3.05. The lowest BCUT2D eigenvalue weighted by Gasteiger charge is -2.31. The number of amides is 1. The van der Waals surface area contributed by atoms with Crippen molar-refractivity contribution < 1.29 is 9.53 Å². The minimum Gasteiger partial charge on any atom is -0.494 e. The third-order valence-electron chi connectivity index (χ3n) is 4.46. The largest absolute Gasteiger partial charge is 0.494 e. The van der Waals surface area contributed by atoms with Gasteiger partial charge in [0.1, 0.15) is 5.75 Å². The van der Waals surface area contributed by atoms with Crippen molar-refractivity contribution in [3.8, 4) is 5.75 Å². The van der Waals surface area contributed by atoms with Gasteiger partial charge in [0.2, 0.25) is 5.91 Å². The van der Waals surface area contributed by atoms with Crippen molar-refractivity contribution in [2.24, 2.45) is 5.92 Å². The number of hydrogen-bond donors (Lipinski definition) is 1. The number of nitrogens with zero attached hydrogens (tertiary/aromatic N) is 2. The fourth-order valence-electron chi connectivity index (χ4n) is 3.02. The number of piperidine rings is 1. The van der Waals surface area contributed by atoms with Gasteiger partial charge in [-0.05, 0) is 64.6 Å². The van der Waals surface area contributed by atoms with Gasteiger partial charge in [-0.1, -0.05) is 12.1 Å². The third-order valence-corrected chi connectivity index (χ3v) is 4.46. The van der Waals surface area contributed by atoms with Gasteiger partial charge < -0.3 is 15.0 Å². The van der Waals surface area contributed by atoms with Crippen molar-refractivity contribution in [3.05, 3.63) is 29.8 Å². The van der Waals surface area contributed by atoms with E-state index in [1.54, 1.807) is 0 Å². The van der Waals surface area contributed by atoms with E-state index < -0.39 is 0 Å². The monoisotopic (exact) mass is 333 g/mol. The molecule has 1 amide bonds. The van der Waals surface area contributed by atoms with Gasteiger partial charge in [0.05, 0.1) is 6.61 Å². The normalized spacial score (nSPS) is 16.3. The molecule has 1 aromatic carbocycles. The predicted molar refractivity (Wildman–Crippen MR) is 97.2 cm³/mol. The summed E-state index contributed by atoms with van der Waals surface area (Å²) in [6, 6.07) is 8.32. The SMILES string of the molecule is CCOc1ccc(CN2CCC(C(=O)NCCN(C)C)CC2)cc1. The molecule has 0 saturated carbocycles. The second-order valence-corrected chi connectivity index (χ2v) is 6.72. The van der Waals surface area contributed by atoms with E-state index in [2.05, 4.69) is 27.2 Å². The van der Waals surface area contributed by atoms with E-state index >= 15 is 0 Å². The van der Waals surface area contributed by atoms with Crippen LogP contribution in [0.1, 0.15) is 25.3 Å². The summed E-state index contributed by atoms with van der Waals surface area (Å²) < 4.78 is 5.48. The Bertz CT molecular complexity index is 494. The van der Waals surface area contributed by atoms with E-state index in [1.807, 2.05) is 33.2 Å². The number of ether oxygens (including phenoxy) is 1. The number of carbonyl (C=O) groups excluding carboxylic acids is 1. The predicted octanol–water partition coefficient (Wildman–Crippen LogP) is 1.98. The summed E-state index contributed by atoms with van der Waals surface area (Å²) in [7, 11) is 4.04. The molecule has 0 aliphatic carbocycles. The Morgan fingerprint density at radius 2 is 1.92 bits per heavy atom. The number of likely N-dealkylation sites (tertiary alicyclic amines) is 1. The van der Waals surface area contributed by atoms with E-state index in [0.29, 0.717) is 6.61 Å². The molecule has 1 fully saturated rings. The first-order valence-electron chi connectivity index (χ1n) is 8.95. The maximum absolute atomic E-state index is 12.2. The summed E-state index contributed by atoms with van der Waals surface area (Å²) in [5.41, 5.74) is 1.30. The van der Waals surface area contributed by atoms with Crippen molar-refractivity contribution in [1.29, 1.82) is 0 Å². The fraction of sp³-hybridized carbons (Fsp3) is 0.632. The number of benzene rings is 1. The van der Waals surface area contributed by atoms with Crippen LogP contribution < -0.4 is 10.1 Å². The highest BCUT2D eigenvalue weighted by Crippen LogP contribution is 2.20. The zero-order valence-corrected chi connectivity index (χ0v) is 15.3. The highest BCUT2D eigenvalue weighted by atomic mass is 16.5. The van der Waals surface area contributed by atoms with Crippen LogP contribution in [0.15, 0.2) is 24.3 Å². The fourth-order valence-corrected chi connectivity index (χ4v) is 3.02. The zero-order valence-electron chi connectivity index (χ0n) is 15.3. The van der Waals surface area contributed by atoms with Gasteiger partial charge in [-0.15, -0.1) is 0 Å². The Morgan fingerprint density at radius 3 is 2.50 bits per heavy atom. The van der Waals surface area contributed by atoms with Gasteiger partial charge in [-0.3, -0.25) is 9.69 Å². The molecule has 24 heavy (non-hydrogen) atoms. The summed E-state index contributed by atoms with van der Waals surface area (Å²) in [4.78, 5) is 16.7. The molecule has 0 bridgehead atoms. The number of carbonyl (C=O) groups is 1. The van der Waals surface area contributed by atoms with Gasteiger partial charge >= 0.3 is 0 Å². The van der Waals surface area contributed by atoms with Crippen LogP contribution in [0.3, 0.4) is 0 Å². The first kappa shape index (κ1) is 18.7. The topological polar surface area (TPSA) is 44.8 Å². The van der Waals surface area contributed by atoms with Crippen molar-refractivity contribution in [3.63, 3.8) is 0 Å². The summed E-state index contributed by atoms with van der Waals surface area (Å²) >= 11 is 0. The highest BCUT2D eigenvalue weighted by Gasteiger charge is 2.24. The molecule has 0 atom stereocenters. The van der Waals surface area contributed by atoms with Gasteiger partial charge in [-0.2, -0.15) is 0 Å². The average molecular weight is 333 g/mol. The number of rotatable bonds is 8. The number of likely N-dealkylation sites (N-methyl/N-ethyl adjacent to an activating group) is 1. The van der Waals surface area contributed by atoms with Crippen LogP contribution in [-0.2, 0) is 11.3 Å². The molecule has 134 valence electrons.